The van der Waals surface area contributed by atoms with Gasteiger partial charge in [-0.15, -0.1) is 0 Å². The molecule has 0 aromatic heterocycles. The molecule has 0 aromatic carbocycles. The fourth-order valence-corrected chi connectivity index (χ4v) is 10.3. The Morgan fingerprint density at radius 3 is 1.27 bits per heavy atom. The van der Waals surface area contributed by atoms with Crippen LogP contribution >= 0.6 is 17.8 Å². The summed E-state index contributed by atoms with van der Waals surface area (Å²) >= 11 is -2.49. The molecule has 0 amide bonds. The fourth-order valence-electron chi connectivity index (χ4n) is 0.996. The molecule has 0 nitrogen and oxygen atoms in total. The van der Waals surface area contributed by atoms with E-state index >= 15 is 0 Å². The largest absolute Gasteiger partial charge is 3.00 e. The summed E-state index contributed by atoms with van der Waals surface area (Å²) in [4.78, 5) is 0. The van der Waals surface area contributed by atoms with Gasteiger partial charge in [-0.3, -0.25) is 0 Å². The normalized spacial score (nSPS) is 8.80. The van der Waals surface area contributed by atoms with Crippen LogP contribution < -0.4 is 50.9 Å². The molecular weight excluding hydrogens is 552 g/mol. The average molecular weight is 571 g/mol. The van der Waals surface area contributed by atoms with Gasteiger partial charge in [-0.05, 0) is 0 Å². The zero-order chi connectivity index (χ0) is 8.74. The van der Waals surface area contributed by atoms with Crippen LogP contribution in [0.5, 0.6) is 0 Å². The number of rotatable bonds is 6. The van der Waals surface area contributed by atoms with Crippen LogP contribution in [0.15, 0.2) is 0 Å². The molecule has 0 aliphatic rings. The van der Waals surface area contributed by atoms with Gasteiger partial charge in [0.15, 0.2) is 0 Å². The second-order valence-corrected chi connectivity index (χ2v) is 21.8. The Bertz CT molecular complexity index is 99.9. The third-order valence-corrected chi connectivity index (χ3v) is 13.1. The van der Waals surface area contributed by atoms with Crippen LogP contribution in [0.25, 0.3) is 0 Å². The van der Waals surface area contributed by atoms with E-state index in [1.165, 1.54) is 25.7 Å². The van der Waals surface area contributed by atoms with Gasteiger partial charge in [-0.25, -0.2) is 0 Å². The van der Waals surface area contributed by atoms with Gasteiger partial charge < -0.3 is 50.9 Å². The van der Waals surface area contributed by atoms with Gasteiger partial charge in [0.05, 0.1) is 0 Å². The summed E-state index contributed by atoms with van der Waals surface area (Å²) < 4.78 is 2.29. The molecule has 0 unspecified atom stereocenters. The monoisotopic (exact) mass is 568 g/mol. The van der Waals surface area contributed by atoms with E-state index < -0.39 is 16.1 Å². The molecule has 92 valence electrons. The first-order valence-corrected chi connectivity index (χ1v) is 15.8. The van der Waals surface area contributed by atoms with Crippen molar-refractivity contribution in [3.8, 4) is 0 Å². The maximum absolute atomic E-state index is 6.27. The van der Waals surface area contributed by atoms with Gasteiger partial charge in [0.25, 0.3) is 0 Å². The van der Waals surface area contributed by atoms with E-state index in [1.54, 1.807) is 0 Å². The number of unbranched alkanes of at least 4 members (excludes halogenated alkanes) is 2. The van der Waals surface area contributed by atoms with E-state index in [0.717, 1.165) is 8.87 Å². The molecule has 0 aliphatic heterocycles. The second kappa shape index (κ2) is 19.7. The standard InChI is InChI=1S/2C4H9.Al.3BrH.2ClH.Sn/c2*1-3-4-2;;;;;;;/h2*1,3-4H2,2H3;;5*1H;/q;;+3;;;;;;+2/p-5. The molecule has 0 aromatic rings. The maximum Gasteiger partial charge on any atom is 3.00 e. The zero-order valence-corrected chi connectivity index (χ0v) is 19.5. The molecule has 0 atom stereocenters. The minimum Gasteiger partial charge on any atom is -1.00 e. The molecule has 0 N–H and O–H groups in total. The van der Waals surface area contributed by atoms with Crippen LogP contribution in [0.2, 0.25) is 8.87 Å². The van der Waals surface area contributed by atoms with E-state index in [-0.39, 0.29) is 68.3 Å². The Labute approximate surface area is 148 Å². The van der Waals surface area contributed by atoms with Gasteiger partial charge >= 0.3 is 99.7 Å². The summed E-state index contributed by atoms with van der Waals surface area (Å²) in [6.45, 7) is 4.38. The van der Waals surface area contributed by atoms with Crippen molar-refractivity contribution in [2.75, 3.05) is 0 Å². The molecule has 15 heavy (non-hydrogen) atoms. The molecule has 7 heteroatoms. The molecule has 0 spiro atoms. The zero-order valence-electron chi connectivity index (χ0n) is 9.21. The summed E-state index contributed by atoms with van der Waals surface area (Å²) in [5.74, 6) is 0. The summed E-state index contributed by atoms with van der Waals surface area (Å²) in [7, 11) is 12.5. The minimum atomic E-state index is -2.49. The SMILES string of the molecule is CCC[CH2][Sn]([Cl])([Cl])[CH2]CCC.[Al+3].[Br-].[Br-].[Br-]. The summed E-state index contributed by atoms with van der Waals surface area (Å²) in [6, 6.07) is 0. The van der Waals surface area contributed by atoms with E-state index in [1.807, 2.05) is 0 Å². The molecule has 0 fully saturated rings. The van der Waals surface area contributed by atoms with Crippen molar-refractivity contribution in [1.29, 1.82) is 0 Å². The molecule has 0 rings (SSSR count). The molecule has 0 bridgehead atoms. The maximum atomic E-state index is 6.27. The van der Waals surface area contributed by atoms with Crippen molar-refractivity contribution < 1.29 is 50.9 Å². The third-order valence-electron chi connectivity index (χ3n) is 1.79. The predicted octanol–water partition coefficient (Wildman–Crippen LogP) is -4.86. The van der Waals surface area contributed by atoms with Gasteiger partial charge in [-0.1, -0.05) is 0 Å². The second-order valence-electron chi connectivity index (χ2n) is 3.06. The van der Waals surface area contributed by atoms with E-state index in [0.29, 0.717) is 0 Å². The van der Waals surface area contributed by atoms with Crippen molar-refractivity contribution in [2.45, 2.75) is 48.4 Å². The molecule has 0 heterocycles. The van der Waals surface area contributed by atoms with Gasteiger partial charge in [0.2, 0.25) is 0 Å². The quantitative estimate of drug-likeness (QED) is 0.282. The summed E-state index contributed by atoms with van der Waals surface area (Å²) in [5.41, 5.74) is 0. The van der Waals surface area contributed by atoms with Crippen molar-refractivity contribution in [3.63, 3.8) is 0 Å². The van der Waals surface area contributed by atoms with Crippen LogP contribution in [0.1, 0.15) is 39.5 Å². The third kappa shape index (κ3) is 22.9. The van der Waals surface area contributed by atoms with Crippen LogP contribution in [0, 0.1) is 0 Å². The van der Waals surface area contributed by atoms with Crippen molar-refractivity contribution >= 4 is 51.3 Å². The number of halogens is 5. The van der Waals surface area contributed by atoms with E-state index in [9.17, 15) is 0 Å². The Morgan fingerprint density at radius 2 is 1.07 bits per heavy atom. The average Bonchev–Trinajstić information content (AvgIpc) is 1.97. The van der Waals surface area contributed by atoms with Crippen molar-refractivity contribution in [1.82, 2.24) is 0 Å². The molecular formula is C8H18AlBr3Cl2Sn. The Kier molecular flexibility index (Phi) is 40.7. The Morgan fingerprint density at radius 1 is 0.800 bits per heavy atom. The number of hydrogen-bond donors (Lipinski definition) is 0. The molecule has 0 saturated heterocycles. The summed E-state index contributed by atoms with van der Waals surface area (Å²) in [6.07, 6.45) is 4.91. The smallest absolute Gasteiger partial charge is 1.00 e. The van der Waals surface area contributed by atoms with Gasteiger partial charge in [0, 0.05) is 0 Å². The first kappa shape index (κ1) is 31.0. The van der Waals surface area contributed by atoms with Crippen LogP contribution in [0.4, 0.5) is 0 Å². The van der Waals surface area contributed by atoms with Crippen LogP contribution in [-0.4, -0.2) is 33.5 Å². The minimum absolute atomic E-state index is 0. The van der Waals surface area contributed by atoms with Crippen molar-refractivity contribution in [2.24, 2.45) is 0 Å². The topological polar surface area (TPSA) is 0 Å². The summed E-state index contributed by atoms with van der Waals surface area (Å²) in [5, 5.41) is 0. The van der Waals surface area contributed by atoms with E-state index in [2.05, 4.69) is 13.8 Å². The van der Waals surface area contributed by atoms with Gasteiger partial charge in [0.1, 0.15) is 0 Å². The Balaban J connectivity index is -0.0000000833. The van der Waals surface area contributed by atoms with Crippen molar-refractivity contribution in [3.05, 3.63) is 0 Å². The first-order valence-electron chi connectivity index (χ1n) is 4.50. The van der Waals surface area contributed by atoms with Crippen LogP contribution in [-0.2, 0) is 0 Å². The molecule has 0 saturated carbocycles. The van der Waals surface area contributed by atoms with E-state index in [4.69, 9.17) is 17.8 Å². The van der Waals surface area contributed by atoms with Crippen LogP contribution in [0.3, 0.4) is 0 Å². The predicted molar refractivity (Wildman–Crippen MR) is 62.6 cm³/mol. The fraction of sp³-hybridized carbons (Fsp3) is 1.00. The van der Waals surface area contributed by atoms with Gasteiger partial charge in [-0.2, -0.15) is 0 Å². The molecule has 0 radical (unpaired) electrons. The number of hydrogen-bond acceptors (Lipinski definition) is 0. The Hall–Kier alpha value is 3.35. The molecule has 0 aliphatic carbocycles. The first-order chi connectivity index (χ1) is 5.12.